The second kappa shape index (κ2) is 4.37. The fourth-order valence-corrected chi connectivity index (χ4v) is 0.754. The average molecular weight is 118 g/mol. The van der Waals surface area contributed by atoms with Crippen molar-refractivity contribution in [3.8, 4) is 0 Å². The fourth-order valence-electron chi connectivity index (χ4n) is 0.754. The van der Waals surface area contributed by atoms with E-state index in [0.29, 0.717) is 0 Å². The van der Waals surface area contributed by atoms with Crippen molar-refractivity contribution in [3.05, 3.63) is 23.8 Å². The Balaban J connectivity index is 0.000000490. The fraction of sp³-hybridized carbons (Fsp3) is 0.429. The van der Waals surface area contributed by atoms with E-state index in [9.17, 15) is 0 Å². The van der Waals surface area contributed by atoms with Gasteiger partial charge in [-0.25, -0.2) is 0 Å². The molecule has 0 bridgehead atoms. The number of hydrogen-bond donors (Lipinski definition) is 0. The molecule has 1 aliphatic rings. The molecule has 1 rings (SSSR count). The van der Waals surface area contributed by atoms with E-state index < -0.39 is 0 Å². The molecule has 0 saturated heterocycles. The zero-order valence-electron chi connectivity index (χ0n) is 4.65. The van der Waals surface area contributed by atoms with E-state index in [1.807, 2.05) is 0 Å². The molecule has 0 spiro atoms. The summed E-state index contributed by atoms with van der Waals surface area (Å²) in [5.41, 5.74) is 1.56. The maximum absolute atomic E-state index is 2.19. The van der Waals surface area contributed by atoms with Crippen molar-refractivity contribution in [3.63, 3.8) is 0 Å². The molecule has 0 radical (unpaired) electrons. The van der Waals surface area contributed by atoms with Crippen LogP contribution in [0.25, 0.3) is 0 Å². The molecule has 0 atom stereocenters. The zero-order chi connectivity index (χ0) is 5.11. The first-order valence-corrected chi connectivity index (χ1v) is 2.78. The summed E-state index contributed by atoms with van der Waals surface area (Å²) in [5.74, 6) is 0. The van der Waals surface area contributed by atoms with Crippen LogP contribution in [0.2, 0.25) is 0 Å². The molecule has 0 aromatic heterocycles. The third kappa shape index (κ3) is 2.17. The molecule has 0 fully saturated rings. The van der Waals surface area contributed by atoms with Crippen molar-refractivity contribution in [2.75, 3.05) is 0 Å². The first-order chi connectivity index (χ1) is 3.43. The van der Waals surface area contributed by atoms with Crippen LogP contribution in [-0.4, -0.2) is 29.6 Å². The first-order valence-electron chi connectivity index (χ1n) is 2.78. The standard InChI is InChI=1S/C7H10.Na.H/c1-2-7-5-3-4-6-7;;/h3-5H,2,6H2,1H3;;. The number of hydrogen-bond acceptors (Lipinski definition) is 0. The normalized spacial score (nSPS) is 15.4. The van der Waals surface area contributed by atoms with Gasteiger partial charge in [-0.05, 0) is 12.8 Å². The molecule has 0 amide bonds. The zero-order valence-corrected chi connectivity index (χ0v) is 4.65. The second-order valence-electron chi connectivity index (χ2n) is 1.81. The van der Waals surface area contributed by atoms with Gasteiger partial charge in [0, 0.05) is 0 Å². The molecule has 0 aromatic carbocycles. The monoisotopic (exact) mass is 118 g/mol. The van der Waals surface area contributed by atoms with E-state index >= 15 is 0 Å². The van der Waals surface area contributed by atoms with Crippen LogP contribution >= 0.6 is 0 Å². The topological polar surface area (TPSA) is 0 Å². The second-order valence-corrected chi connectivity index (χ2v) is 1.81. The Morgan fingerprint density at radius 2 is 2.38 bits per heavy atom. The third-order valence-electron chi connectivity index (χ3n) is 1.30. The Morgan fingerprint density at radius 1 is 1.62 bits per heavy atom. The molecule has 1 aliphatic carbocycles. The van der Waals surface area contributed by atoms with Gasteiger partial charge in [-0.2, -0.15) is 0 Å². The van der Waals surface area contributed by atoms with E-state index in [1.54, 1.807) is 5.57 Å². The minimum absolute atomic E-state index is 0. The van der Waals surface area contributed by atoms with Gasteiger partial charge in [0.1, 0.15) is 0 Å². The Morgan fingerprint density at radius 3 is 2.62 bits per heavy atom. The van der Waals surface area contributed by atoms with E-state index in [-0.39, 0.29) is 29.6 Å². The molecule has 0 heterocycles. The van der Waals surface area contributed by atoms with E-state index in [1.165, 1.54) is 12.8 Å². The predicted octanol–water partition coefficient (Wildman–Crippen LogP) is 1.63. The molecule has 0 aliphatic heterocycles. The van der Waals surface area contributed by atoms with Crippen LogP contribution in [0.1, 0.15) is 19.8 Å². The van der Waals surface area contributed by atoms with E-state index in [0.717, 1.165) is 0 Å². The van der Waals surface area contributed by atoms with Gasteiger partial charge in [-0.15, -0.1) is 0 Å². The summed E-state index contributed by atoms with van der Waals surface area (Å²) in [6.07, 6.45) is 8.92. The van der Waals surface area contributed by atoms with Crippen molar-refractivity contribution in [2.45, 2.75) is 19.8 Å². The number of rotatable bonds is 1. The van der Waals surface area contributed by atoms with E-state index in [2.05, 4.69) is 25.2 Å². The van der Waals surface area contributed by atoms with Crippen molar-refractivity contribution >= 4 is 29.6 Å². The number of allylic oxidation sites excluding steroid dienone is 4. The summed E-state index contributed by atoms with van der Waals surface area (Å²) in [7, 11) is 0. The summed E-state index contributed by atoms with van der Waals surface area (Å²) in [6.45, 7) is 2.19. The summed E-state index contributed by atoms with van der Waals surface area (Å²) in [4.78, 5) is 0. The Bertz CT molecular complexity index is 112. The van der Waals surface area contributed by atoms with Crippen LogP contribution in [0.15, 0.2) is 23.8 Å². The van der Waals surface area contributed by atoms with Gasteiger partial charge >= 0.3 is 29.6 Å². The minimum atomic E-state index is 0. The molecule has 40 valence electrons. The molecular weight excluding hydrogens is 107 g/mol. The molecular formula is C7H11Na. The molecule has 0 saturated carbocycles. The van der Waals surface area contributed by atoms with Crippen LogP contribution in [0.3, 0.4) is 0 Å². The molecule has 0 N–H and O–H groups in total. The summed E-state index contributed by atoms with van der Waals surface area (Å²) >= 11 is 0. The molecule has 0 unspecified atom stereocenters. The van der Waals surface area contributed by atoms with Gasteiger partial charge in [0.2, 0.25) is 0 Å². The summed E-state index contributed by atoms with van der Waals surface area (Å²) < 4.78 is 0. The maximum atomic E-state index is 2.19. The first kappa shape index (κ1) is 8.48. The van der Waals surface area contributed by atoms with Crippen LogP contribution in [0.5, 0.6) is 0 Å². The Hall–Kier alpha value is 0.480. The molecule has 0 aromatic rings. The van der Waals surface area contributed by atoms with Gasteiger partial charge in [0.15, 0.2) is 0 Å². The molecule has 1 heteroatoms. The van der Waals surface area contributed by atoms with Gasteiger partial charge in [0.25, 0.3) is 0 Å². The van der Waals surface area contributed by atoms with Crippen LogP contribution in [0.4, 0.5) is 0 Å². The van der Waals surface area contributed by atoms with Crippen LogP contribution < -0.4 is 0 Å². The van der Waals surface area contributed by atoms with Crippen molar-refractivity contribution < 1.29 is 0 Å². The molecule has 8 heavy (non-hydrogen) atoms. The van der Waals surface area contributed by atoms with Gasteiger partial charge in [0.05, 0.1) is 0 Å². The van der Waals surface area contributed by atoms with Crippen molar-refractivity contribution in [2.24, 2.45) is 0 Å². The van der Waals surface area contributed by atoms with Crippen LogP contribution in [-0.2, 0) is 0 Å². The quantitative estimate of drug-likeness (QED) is 0.459. The third-order valence-corrected chi connectivity index (χ3v) is 1.30. The Kier molecular flexibility index (Phi) is 4.63. The average Bonchev–Trinajstić information content (AvgIpc) is 2.14. The summed E-state index contributed by atoms with van der Waals surface area (Å²) in [6, 6.07) is 0. The van der Waals surface area contributed by atoms with Crippen molar-refractivity contribution in [1.29, 1.82) is 0 Å². The van der Waals surface area contributed by atoms with Crippen LogP contribution in [0, 0.1) is 0 Å². The van der Waals surface area contributed by atoms with Gasteiger partial charge in [-0.1, -0.05) is 30.7 Å². The Labute approximate surface area is 73.0 Å². The summed E-state index contributed by atoms with van der Waals surface area (Å²) in [5, 5.41) is 0. The van der Waals surface area contributed by atoms with Gasteiger partial charge < -0.3 is 0 Å². The van der Waals surface area contributed by atoms with E-state index in [4.69, 9.17) is 0 Å². The van der Waals surface area contributed by atoms with Crippen molar-refractivity contribution in [1.82, 2.24) is 0 Å². The SMILES string of the molecule is CCC1=CC=CC1.[NaH]. The molecule has 0 nitrogen and oxygen atoms in total. The predicted molar refractivity (Wildman–Crippen MR) is 39.3 cm³/mol. The van der Waals surface area contributed by atoms with Gasteiger partial charge in [-0.3, -0.25) is 0 Å².